The Morgan fingerprint density at radius 3 is 2.85 bits per heavy atom. The summed E-state index contributed by atoms with van der Waals surface area (Å²) in [5, 5.41) is 3.35. The monoisotopic (exact) mass is 277 g/mol. The molecule has 1 aromatic rings. The summed E-state index contributed by atoms with van der Waals surface area (Å²) in [6.07, 6.45) is 3.22. The lowest BCUT2D eigenvalue weighted by molar-refractivity contribution is -0.145. The standard InChI is InChI=1S/C16H23NO3/c1-3-10-20-14-7-5-6-12(11-14)15(16(18)19-4-2)17-13-8-9-13/h5-7,11,13,15,17H,3-4,8-10H2,1-2H3. The van der Waals surface area contributed by atoms with Crippen LogP contribution in [0.5, 0.6) is 5.75 Å². The van der Waals surface area contributed by atoms with Crippen molar-refractivity contribution in [3.63, 3.8) is 0 Å². The Morgan fingerprint density at radius 2 is 2.20 bits per heavy atom. The van der Waals surface area contributed by atoms with E-state index in [9.17, 15) is 4.79 Å². The third kappa shape index (κ3) is 4.23. The zero-order chi connectivity index (χ0) is 14.4. The highest BCUT2D eigenvalue weighted by molar-refractivity contribution is 5.78. The van der Waals surface area contributed by atoms with E-state index in [-0.39, 0.29) is 5.97 Å². The molecule has 4 nitrogen and oxygen atoms in total. The SMILES string of the molecule is CCCOc1cccc(C(NC2CC2)C(=O)OCC)c1. The summed E-state index contributed by atoms with van der Waals surface area (Å²) in [6, 6.07) is 7.74. The van der Waals surface area contributed by atoms with Crippen molar-refractivity contribution < 1.29 is 14.3 Å². The molecule has 0 aliphatic heterocycles. The minimum atomic E-state index is -0.396. The van der Waals surface area contributed by atoms with Gasteiger partial charge in [0, 0.05) is 6.04 Å². The number of hydrogen-bond donors (Lipinski definition) is 1. The van der Waals surface area contributed by atoms with Crippen LogP contribution in [-0.2, 0) is 9.53 Å². The fourth-order valence-electron chi connectivity index (χ4n) is 2.02. The molecular weight excluding hydrogens is 254 g/mol. The Kier molecular flexibility index (Phi) is 5.41. The van der Waals surface area contributed by atoms with Crippen LogP contribution in [0.15, 0.2) is 24.3 Å². The average molecular weight is 277 g/mol. The van der Waals surface area contributed by atoms with Crippen LogP contribution < -0.4 is 10.1 Å². The number of rotatable bonds is 8. The largest absolute Gasteiger partial charge is 0.494 e. The molecule has 20 heavy (non-hydrogen) atoms. The summed E-state index contributed by atoms with van der Waals surface area (Å²) >= 11 is 0. The molecule has 1 atom stereocenters. The number of carbonyl (C=O) groups is 1. The van der Waals surface area contributed by atoms with Crippen molar-refractivity contribution in [3.05, 3.63) is 29.8 Å². The van der Waals surface area contributed by atoms with Gasteiger partial charge in [-0.2, -0.15) is 0 Å². The molecule has 1 aliphatic rings. The minimum absolute atomic E-state index is 0.216. The van der Waals surface area contributed by atoms with Crippen LogP contribution in [0.3, 0.4) is 0 Å². The zero-order valence-corrected chi connectivity index (χ0v) is 12.2. The number of esters is 1. The molecule has 1 aliphatic carbocycles. The molecule has 1 aromatic carbocycles. The number of hydrogen-bond acceptors (Lipinski definition) is 4. The van der Waals surface area contributed by atoms with E-state index in [0.717, 1.165) is 30.6 Å². The van der Waals surface area contributed by atoms with Gasteiger partial charge in [-0.1, -0.05) is 19.1 Å². The molecule has 0 spiro atoms. The van der Waals surface area contributed by atoms with Crippen LogP contribution in [0.25, 0.3) is 0 Å². The predicted molar refractivity (Wildman–Crippen MR) is 77.8 cm³/mol. The van der Waals surface area contributed by atoms with Gasteiger partial charge in [0.2, 0.25) is 0 Å². The highest BCUT2D eigenvalue weighted by Gasteiger charge is 2.30. The van der Waals surface area contributed by atoms with Crippen molar-refractivity contribution in [1.29, 1.82) is 0 Å². The van der Waals surface area contributed by atoms with Crippen LogP contribution >= 0.6 is 0 Å². The molecule has 0 amide bonds. The maximum atomic E-state index is 12.1. The molecule has 0 heterocycles. The molecule has 4 heteroatoms. The van der Waals surface area contributed by atoms with Gasteiger partial charge in [0.1, 0.15) is 11.8 Å². The maximum absolute atomic E-state index is 12.1. The first-order chi connectivity index (χ1) is 9.74. The molecule has 2 rings (SSSR count). The van der Waals surface area contributed by atoms with Gasteiger partial charge in [0.05, 0.1) is 13.2 Å². The van der Waals surface area contributed by atoms with Gasteiger partial charge in [-0.05, 0) is 43.9 Å². The first-order valence-electron chi connectivity index (χ1n) is 7.40. The second-order valence-electron chi connectivity index (χ2n) is 5.05. The average Bonchev–Trinajstić information content (AvgIpc) is 3.27. The highest BCUT2D eigenvalue weighted by Crippen LogP contribution is 2.27. The lowest BCUT2D eigenvalue weighted by Crippen LogP contribution is -2.31. The van der Waals surface area contributed by atoms with Gasteiger partial charge in [0.15, 0.2) is 0 Å². The highest BCUT2D eigenvalue weighted by atomic mass is 16.5. The first kappa shape index (κ1) is 14.9. The van der Waals surface area contributed by atoms with Crippen LogP contribution in [0.1, 0.15) is 44.7 Å². The third-order valence-corrected chi connectivity index (χ3v) is 3.17. The van der Waals surface area contributed by atoms with Crippen molar-refractivity contribution in [1.82, 2.24) is 5.32 Å². The number of ether oxygens (including phenoxy) is 2. The lowest BCUT2D eigenvalue weighted by Gasteiger charge is -2.18. The van der Waals surface area contributed by atoms with Crippen LogP contribution in [-0.4, -0.2) is 25.2 Å². The summed E-state index contributed by atoms with van der Waals surface area (Å²) in [7, 11) is 0. The van der Waals surface area contributed by atoms with E-state index < -0.39 is 6.04 Å². The van der Waals surface area contributed by atoms with Crippen molar-refractivity contribution in [2.45, 2.75) is 45.2 Å². The van der Waals surface area contributed by atoms with E-state index >= 15 is 0 Å². The van der Waals surface area contributed by atoms with Gasteiger partial charge in [0.25, 0.3) is 0 Å². The zero-order valence-electron chi connectivity index (χ0n) is 12.2. The fourth-order valence-corrected chi connectivity index (χ4v) is 2.02. The smallest absolute Gasteiger partial charge is 0.327 e. The van der Waals surface area contributed by atoms with E-state index in [1.807, 2.05) is 31.2 Å². The van der Waals surface area contributed by atoms with Crippen molar-refractivity contribution in [3.8, 4) is 5.75 Å². The van der Waals surface area contributed by atoms with Gasteiger partial charge in [-0.25, -0.2) is 4.79 Å². The third-order valence-electron chi connectivity index (χ3n) is 3.17. The normalized spacial score (nSPS) is 15.7. The van der Waals surface area contributed by atoms with Gasteiger partial charge in [-0.15, -0.1) is 0 Å². The summed E-state index contributed by atoms with van der Waals surface area (Å²) < 4.78 is 10.8. The van der Waals surface area contributed by atoms with Crippen LogP contribution in [0.4, 0.5) is 0 Å². The van der Waals surface area contributed by atoms with Crippen LogP contribution in [0, 0.1) is 0 Å². The second kappa shape index (κ2) is 7.29. The summed E-state index contributed by atoms with van der Waals surface area (Å²) in [6.45, 7) is 4.98. The molecule has 1 N–H and O–H groups in total. The van der Waals surface area contributed by atoms with E-state index in [2.05, 4.69) is 12.2 Å². The molecule has 1 fully saturated rings. The van der Waals surface area contributed by atoms with Crippen molar-refractivity contribution in [2.75, 3.05) is 13.2 Å². The molecule has 0 bridgehead atoms. The first-order valence-corrected chi connectivity index (χ1v) is 7.40. The fraction of sp³-hybridized carbons (Fsp3) is 0.562. The van der Waals surface area contributed by atoms with Crippen molar-refractivity contribution in [2.24, 2.45) is 0 Å². The predicted octanol–water partition coefficient (Wildman–Crippen LogP) is 2.83. The molecular formula is C16H23NO3. The lowest BCUT2D eigenvalue weighted by atomic mass is 10.1. The van der Waals surface area contributed by atoms with E-state index in [4.69, 9.17) is 9.47 Å². The maximum Gasteiger partial charge on any atom is 0.327 e. The molecule has 0 aromatic heterocycles. The van der Waals surface area contributed by atoms with Gasteiger partial charge in [-0.3, -0.25) is 5.32 Å². The Labute approximate surface area is 120 Å². The number of benzene rings is 1. The quantitative estimate of drug-likeness (QED) is 0.742. The molecule has 0 radical (unpaired) electrons. The Bertz CT molecular complexity index is 443. The Hall–Kier alpha value is -1.55. The van der Waals surface area contributed by atoms with Crippen LogP contribution in [0.2, 0.25) is 0 Å². The van der Waals surface area contributed by atoms with Crippen molar-refractivity contribution >= 4 is 5.97 Å². The Morgan fingerprint density at radius 1 is 1.40 bits per heavy atom. The van der Waals surface area contributed by atoms with Gasteiger partial charge >= 0.3 is 5.97 Å². The van der Waals surface area contributed by atoms with E-state index in [1.165, 1.54) is 0 Å². The van der Waals surface area contributed by atoms with E-state index in [1.54, 1.807) is 0 Å². The number of carbonyl (C=O) groups excluding carboxylic acids is 1. The second-order valence-corrected chi connectivity index (χ2v) is 5.05. The van der Waals surface area contributed by atoms with Gasteiger partial charge < -0.3 is 9.47 Å². The van der Waals surface area contributed by atoms with E-state index in [0.29, 0.717) is 19.3 Å². The topological polar surface area (TPSA) is 47.6 Å². The summed E-state index contributed by atoms with van der Waals surface area (Å²) in [5.74, 6) is 0.586. The summed E-state index contributed by atoms with van der Waals surface area (Å²) in [5.41, 5.74) is 0.906. The molecule has 1 saturated carbocycles. The Balaban J connectivity index is 2.11. The summed E-state index contributed by atoms with van der Waals surface area (Å²) in [4.78, 5) is 12.1. The molecule has 110 valence electrons. The number of nitrogens with one attached hydrogen (secondary N) is 1. The molecule has 1 unspecified atom stereocenters. The molecule has 0 saturated heterocycles. The minimum Gasteiger partial charge on any atom is -0.494 e.